The number of carbonyl (C=O) groups excluding carboxylic acids is 1. The molecule has 0 saturated heterocycles. The molecule has 0 spiro atoms. The zero-order valence-electron chi connectivity index (χ0n) is 13.8. The van der Waals surface area contributed by atoms with Crippen LogP contribution in [-0.4, -0.2) is 21.9 Å². The van der Waals surface area contributed by atoms with E-state index >= 15 is 0 Å². The highest BCUT2D eigenvalue weighted by Gasteiger charge is 2.34. The van der Waals surface area contributed by atoms with Gasteiger partial charge >= 0.3 is 6.18 Å². The Morgan fingerprint density at radius 2 is 1.80 bits per heavy atom. The Labute approximate surface area is 143 Å². The van der Waals surface area contributed by atoms with Crippen LogP contribution in [0.3, 0.4) is 0 Å². The van der Waals surface area contributed by atoms with E-state index in [2.05, 4.69) is 0 Å². The van der Waals surface area contributed by atoms with E-state index in [4.69, 9.17) is 0 Å². The van der Waals surface area contributed by atoms with Gasteiger partial charge in [-0.2, -0.15) is 13.2 Å². The van der Waals surface area contributed by atoms with Crippen molar-refractivity contribution >= 4 is 5.91 Å². The fourth-order valence-electron chi connectivity index (χ4n) is 2.49. The van der Waals surface area contributed by atoms with Crippen molar-refractivity contribution in [3.63, 3.8) is 0 Å². The largest absolute Gasteiger partial charge is 0.421 e. The first-order valence-corrected chi connectivity index (χ1v) is 7.91. The minimum Gasteiger partial charge on any atom is -0.337 e. The highest BCUT2D eigenvalue weighted by Crippen LogP contribution is 2.25. The van der Waals surface area contributed by atoms with Gasteiger partial charge in [0, 0.05) is 19.3 Å². The highest BCUT2D eigenvalue weighted by atomic mass is 19.4. The van der Waals surface area contributed by atoms with Crippen LogP contribution in [-0.2, 0) is 24.1 Å². The second kappa shape index (κ2) is 8.00. The predicted octanol–water partition coefficient (Wildman–Crippen LogP) is 3.31. The summed E-state index contributed by atoms with van der Waals surface area (Å²) in [5, 5.41) is 0. The first-order chi connectivity index (χ1) is 11.8. The highest BCUT2D eigenvalue weighted by molar-refractivity contribution is 5.76. The Bertz CT molecular complexity index is 770. The Hall–Kier alpha value is -2.57. The monoisotopic (exact) mass is 352 g/mol. The Kier molecular flexibility index (Phi) is 6.01. The van der Waals surface area contributed by atoms with Gasteiger partial charge in [0.25, 0.3) is 5.56 Å². The summed E-state index contributed by atoms with van der Waals surface area (Å²) in [6, 6.07) is 11.1. The van der Waals surface area contributed by atoms with Gasteiger partial charge in [0.2, 0.25) is 5.91 Å². The lowest BCUT2D eigenvalue weighted by Gasteiger charge is -2.23. The minimum absolute atomic E-state index is 0.348. The van der Waals surface area contributed by atoms with Crippen LogP contribution >= 0.6 is 0 Å². The summed E-state index contributed by atoms with van der Waals surface area (Å²) in [4.78, 5) is 26.0. The van der Waals surface area contributed by atoms with E-state index in [1.807, 2.05) is 37.3 Å². The van der Waals surface area contributed by atoms with Crippen molar-refractivity contribution in [2.45, 2.75) is 32.6 Å². The van der Waals surface area contributed by atoms with Gasteiger partial charge in [0.15, 0.2) is 0 Å². The van der Waals surface area contributed by atoms with Crippen LogP contribution < -0.4 is 5.56 Å². The van der Waals surface area contributed by atoms with Crippen molar-refractivity contribution in [2.75, 3.05) is 6.54 Å². The maximum absolute atomic E-state index is 12.8. The van der Waals surface area contributed by atoms with Crippen LogP contribution in [0, 0.1) is 0 Å². The van der Waals surface area contributed by atoms with Gasteiger partial charge < -0.3 is 9.47 Å². The fraction of sp³-hybridized carbons (Fsp3) is 0.333. The molecule has 1 aromatic carbocycles. The second-order valence-corrected chi connectivity index (χ2v) is 5.65. The molecule has 0 atom stereocenters. The smallest absolute Gasteiger partial charge is 0.337 e. The maximum Gasteiger partial charge on any atom is 0.421 e. The molecule has 1 amide bonds. The molecule has 0 N–H and O–H groups in total. The molecule has 0 fully saturated rings. The van der Waals surface area contributed by atoms with E-state index in [9.17, 15) is 22.8 Å². The van der Waals surface area contributed by atoms with Crippen LogP contribution in [0.2, 0.25) is 0 Å². The van der Waals surface area contributed by atoms with E-state index in [-0.39, 0.29) is 0 Å². The molecule has 134 valence electrons. The van der Waals surface area contributed by atoms with Crippen molar-refractivity contribution < 1.29 is 18.0 Å². The second-order valence-electron chi connectivity index (χ2n) is 5.65. The number of carbonyl (C=O) groups is 1. The SMILES string of the molecule is CCCN(Cc1ccccc1)C(=O)Cn1cccc(C(F)(F)F)c1=O. The molecule has 7 heteroatoms. The van der Waals surface area contributed by atoms with Crippen molar-refractivity contribution in [3.05, 3.63) is 70.1 Å². The van der Waals surface area contributed by atoms with E-state index in [0.29, 0.717) is 19.5 Å². The minimum atomic E-state index is -4.74. The van der Waals surface area contributed by atoms with Crippen molar-refractivity contribution in [1.29, 1.82) is 0 Å². The number of alkyl halides is 3. The van der Waals surface area contributed by atoms with Gasteiger partial charge in [0.05, 0.1) is 0 Å². The molecular weight excluding hydrogens is 333 g/mol. The Morgan fingerprint density at radius 3 is 2.40 bits per heavy atom. The fourth-order valence-corrected chi connectivity index (χ4v) is 2.49. The van der Waals surface area contributed by atoms with Gasteiger partial charge in [-0.3, -0.25) is 9.59 Å². The number of amides is 1. The molecule has 4 nitrogen and oxygen atoms in total. The van der Waals surface area contributed by atoms with Gasteiger partial charge in [-0.15, -0.1) is 0 Å². The van der Waals surface area contributed by atoms with E-state index < -0.39 is 29.8 Å². The molecule has 0 unspecified atom stereocenters. The lowest BCUT2D eigenvalue weighted by Crippen LogP contribution is -2.38. The van der Waals surface area contributed by atoms with Crippen LogP contribution in [0.15, 0.2) is 53.5 Å². The number of hydrogen-bond donors (Lipinski definition) is 0. The van der Waals surface area contributed by atoms with Crippen LogP contribution in [0.25, 0.3) is 0 Å². The molecule has 0 aliphatic carbocycles. The van der Waals surface area contributed by atoms with E-state index in [0.717, 1.165) is 22.3 Å². The lowest BCUT2D eigenvalue weighted by atomic mass is 10.2. The zero-order valence-corrected chi connectivity index (χ0v) is 13.8. The number of benzene rings is 1. The van der Waals surface area contributed by atoms with Gasteiger partial charge in [-0.25, -0.2) is 0 Å². The summed E-state index contributed by atoms with van der Waals surface area (Å²) in [6.07, 6.45) is -2.84. The van der Waals surface area contributed by atoms with Gasteiger partial charge in [-0.05, 0) is 24.1 Å². The molecule has 1 aromatic heterocycles. The molecule has 0 radical (unpaired) electrons. The summed E-state index contributed by atoms with van der Waals surface area (Å²) in [7, 11) is 0. The lowest BCUT2D eigenvalue weighted by molar-refractivity contribution is -0.139. The third kappa shape index (κ3) is 4.95. The first kappa shape index (κ1) is 18.8. The number of rotatable bonds is 6. The van der Waals surface area contributed by atoms with Gasteiger partial charge in [0.1, 0.15) is 12.1 Å². The van der Waals surface area contributed by atoms with Crippen LogP contribution in [0.1, 0.15) is 24.5 Å². The third-order valence-corrected chi connectivity index (χ3v) is 3.69. The van der Waals surface area contributed by atoms with E-state index in [1.165, 1.54) is 6.20 Å². The predicted molar refractivity (Wildman–Crippen MR) is 87.9 cm³/mol. The number of aromatic nitrogens is 1. The number of hydrogen-bond acceptors (Lipinski definition) is 2. The quantitative estimate of drug-likeness (QED) is 0.800. The standard InChI is InChI=1S/C18H19F3N2O2/c1-2-10-22(12-14-7-4-3-5-8-14)16(24)13-23-11-6-9-15(17(23)25)18(19,20)21/h3-9,11H,2,10,12-13H2,1H3. The summed E-state index contributed by atoms with van der Waals surface area (Å²) in [5.41, 5.74) is -1.56. The average molecular weight is 352 g/mol. The van der Waals surface area contributed by atoms with E-state index in [1.54, 1.807) is 4.90 Å². The average Bonchev–Trinajstić information content (AvgIpc) is 2.56. The molecule has 2 rings (SSSR count). The summed E-state index contributed by atoms with van der Waals surface area (Å²) in [5.74, 6) is -0.396. The summed E-state index contributed by atoms with van der Waals surface area (Å²) in [6.45, 7) is 2.29. The molecular formula is C18H19F3N2O2. The van der Waals surface area contributed by atoms with Crippen LogP contribution in [0.4, 0.5) is 13.2 Å². The molecule has 2 aromatic rings. The molecule has 25 heavy (non-hydrogen) atoms. The van der Waals surface area contributed by atoms with Crippen molar-refractivity contribution in [1.82, 2.24) is 9.47 Å². The molecule has 0 aliphatic rings. The molecule has 0 bridgehead atoms. The molecule has 0 saturated carbocycles. The third-order valence-electron chi connectivity index (χ3n) is 3.69. The van der Waals surface area contributed by atoms with Crippen LogP contribution in [0.5, 0.6) is 0 Å². The van der Waals surface area contributed by atoms with Crippen molar-refractivity contribution in [3.8, 4) is 0 Å². The Balaban J connectivity index is 2.20. The summed E-state index contributed by atoms with van der Waals surface area (Å²) < 4.78 is 39.3. The summed E-state index contributed by atoms with van der Waals surface area (Å²) >= 11 is 0. The Morgan fingerprint density at radius 1 is 1.12 bits per heavy atom. The number of halogens is 3. The van der Waals surface area contributed by atoms with Gasteiger partial charge in [-0.1, -0.05) is 37.3 Å². The zero-order chi connectivity index (χ0) is 18.4. The maximum atomic E-state index is 12.8. The van der Waals surface area contributed by atoms with Crippen molar-refractivity contribution in [2.24, 2.45) is 0 Å². The number of nitrogens with zero attached hydrogens (tertiary/aromatic N) is 2. The molecule has 0 aliphatic heterocycles. The first-order valence-electron chi connectivity index (χ1n) is 7.91. The number of pyridine rings is 1. The topological polar surface area (TPSA) is 42.3 Å². The normalized spacial score (nSPS) is 11.4. The molecule has 1 heterocycles.